The van der Waals surface area contributed by atoms with Crippen LogP contribution in [0.25, 0.3) is 0 Å². The predicted molar refractivity (Wildman–Crippen MR) is 79.5 cm³/mol. The third-order valence-electron chi connectivity index (χ3n) is 2.89. The quantitative estimate of drug-likeness (QED) is 0.845. The molecule has 0 aliphatic heterocycles. The van der Waals surface area contributed by atoms with Gasteiger partial charge in [-0.1, -0.05) is 12.1 Å². The van der Waals surface area contributed by atoms with Crippen LogP contribution in [0.3, 0.4) is 0 Å². The number of carbonyl (C=O) groups excluding carboxylic acids is 1. The Kier molecular flexibility index (Phi) is 3.89. The first-order valence-electron chi connectivity index (χ1n) is 6.12. The van der Waals surface area contributed by atoms with Gasteiger partial charge < -0.3 is 16.0 Å². The van der Waals surface area contributed by atoms with E-state index in [0.717, 1.165) is 5.69 Å². The minimum atomic E-state index is -0.449. The predicted octanol–water partition coefficient (Wildman–Crippen LogP) is 2.73. The van der Waals surface area contributed by atoms with Gasteiger partial charge in [-0.3, -0.25) is 4.79 Å². The first-order valence-corrected chi connectivity index (χ1v) is 6.12. The fourth-order valence-corrected chi connectivity index (χ4v) is 1.88. The van der Waals surface area contributed by atoms with Crippen LogP contribution in [0, 0.1) is 5.82 Å². The Labute approximate surface area is 117 Å². The zero-order chi connectivity index (χ0) is 14.7. The van der Waals surface area contributed by atoms with Gasteiger partial charge in [-0.05, 0) is 30.3 Å². The van der Waals surface area contributed by atoms with Gasteiger partial charge in [-0.25, -0.2) is 4.39 Å². The van der Waals surface area contributed by atoms with Crippen molar-refractivity contribution in [3.05, 3.63) is 53.8 Å². The third-order valence-corrected chi connectivity index (χ3v) is 2.89. The highest BCUT2D eigenvalue weighted by Crippen LogP contribution is 2.23. The van der Waals surface area contributed by atoms with E-state index in [-0.39, 0.29) is 11.6 Å². The van der Waals surface area contributed by atoms with E-state index < -0.39 is 5.82 Å². The lowest BCUT2D eigenvalue weighted by Crippen LogP contribution is -2.19. The molecule has 0 fully saturated rings. The van der Waals surface area contributed by atoms with Gasteiger partial charge in [0.2, 0.25) is 0 Å². The summed E-state index contributed by atoms with van der Waals surface area (Å²) in [5.74, 6) is -0.776. The lowest BCUT2D eigenvalue weighted by Gasteiger charge is -2.17. The summed E-state index contributed by atoms with van der Waals surface area (Å²) >= 11 is 0. The molecule has 0 saturated heterocycles. The summed E-state index contributed by atoms with van der Waals surface area (Å²) in [4.78, 5) is 14.1. The number of nitrogens with one attached hydrogen (secondary N) is 1. The number of nitrogen functional groups attached to an aromatic ring is 1. The molecule has 2 rings (SSSR count). The molecule has 1 amide bonds. The second-order valence-electron chi connectivity index (χ2n) is 4.60. The summed E-state index contributed by atoms with van der Waals surface area (Å²) in [6.07, 6.45) is 0. The molecule has 3 N–H and O–H groups in total. The lowest BCUT2D eigenvalue weighted by atomic mass is 10.1. The Morgan fingerprint density at radius 1 is 1.20 bits per heavy atom. The Morgan fingerprint density at radius 2 is 1.90 bits per heavy atom. The topological polar surface area (TPSA) is 58.4 Å². The van der Waals surface area contributed by atoms with Crippen molar-refractivity contribution < 1.29 is 9.18 Å². The molecule has 0 bridgehead atoms. The monoisotopic (exact) mass is 273 g/mol. The highest BCUT2D eigenvalue weighted by atomic mass is 19.1. The zero-order valence-electron chi connectivity index (χ0n) is 11.4. The smallest absolute Gasteiger partial charge is 0.257 e. The van der Waals surface area contributed by atoms with Crippen LogP contribution in [0.15, 0.2) is 42.5 Å². The molecule has 0 saturated carbocycles. The van der Waals surface area contributed by atoms with Crippen molar-refractivity contribution in [3.8, 4) is 0 Å². The van der Waals surface area contributed by atoms with Crippen molar-refractivity contribution in [1.82, 2.24) is 0 Å². The molecule has 0 aliphatic carbocycles. The van der Waals surface area contributed by atoms with E-state index >= 15 is 0 Å². The lowest BCUT2D eigenvalue weighted by molar-refractivity contribution is 0.102. The molecule has 4 nitrogen and oxygen atoms in total. The van der Waals surface area contributed by atoms with Crippen molar-refractivity contribution >= 4 is 23.0 Å². The molecular weight excluding hydrogens is 257 g/mol. The van der Waals surface area contributed by atoms with Gasteiger partial charge in [0.05, 0.1) is 16.9 Å². The third kappa shape index (κ3) is 2.88. The van der Waals surface area contributed by atoms with Gasteiger partial charge in [0.15, 0.2) is 0 Å². The van der Waals surface area contributed by atoms with Crippen molar-refractivity contribution in [2.75, 3.05) is 30.0 Å². The van der Waals surface area contributed by atoms with E-state index in [9.17, 15) is 9.18 Å². The Hall–Kier alpha value is -2.56. The molecule has 0 radical (unpaired) electrons. The summed E-state index contributed by atoms with van der Waals surface area (Å²) < 4.78 is 13.2. The highest BCUT2D eigenvalue weighted by Gasteiger charge is 2.13. The minimum Gasteiger partial charge on any atom is -0.397 e. The summed E-state index contributed by atoms with van der Waals surface area (Å²) in [5.41, 5.74) is 7.59. The standard InChI is InChI=1S/C15H16FN3O/c1-19(2)14-6-4-3-5-11(14)15(20)18-13-9-10(16)7-8-12(13)17/h3-9H,17H2,1-2H3,(H,18,20). The Morgan fingerprint density at radius 3 is 2.60 bits per heavy atom. The van der Waals surface area contributed by atoms with Crippen LogP contribution in [-0.4, -0.2) is 20.0 Å². The maximum atomic E-state index is 13.2. The van der Waals surface area contributed by atoms with Crippen LogP contribution in [0.5, 0.6) is 0 Å². The number of anilines is 3. The number of carbonyl (C=O) groups is 1. The van der Waals surface area contributed by atoms with E-state index in [2.05, 4.69) is 5.32 Å². The van der Waals surface area contributed by atoms with E-state index in [1.807, 2.05) is 31.1 Å². The van der Waals surface area contributed by atoms with Gasteiger partial charge in [0.1, 0.15) is 5.82 Å². The van der Waals surface area contributed by atoms with Gasteiger partial charge in [0.25, 0.3) is 5.91 Å². The number of hydrogen-bond acceptors (Lipinski definition) is 3. The summed E-state index contributed by atoms with van der Waals surface area (Å²) in [6, 6.07) is 11.0. The number of halogens is 1. The maximum Gasteiger partial charge on any atom is 0.257 e. The van der Waals surface area contributed by atoms with Crippen LogP contribution >= 0.6 is 0 Å². The summed E-state index contributed by atoms with van der Waals surface area (Å²) in [6.45, 7) is 0. The second kappa shape index (κ2) is 5.61. The first-order chi connectivity index (χ1) is 9.49. The molecule has 0 aliphatic rings. The van der Waals surface area contributed by atoms with E-state index in [4.69, 9.17) is 5.73 Å². The van der Waals surface area contributed by atoms with Gasteiger partial charge in [0, 0.05) is 19.8 Å². The Bertz CT molecular complexity index is 641. The number of hydrogen-bond donors (Lipinski definition) is 2. The molecule has 0 heterocycles. The maximum absolute atomic E-state index is 13.2. The van der Waals surface area contributed by atoms with Crippen molar-refractivity contribution in [2.45, 2.75) is 0 Å². The summed E-state index contributed by atoms with van der Waals surface area (Å²) in [7, 11) is 3.70. The molecule has 2 aromatic carbocycles. The number of nitrogens with zero attached hydrogens (tertiary/aromatic N) is 1. The van der Waals surface area contributed by atoms with Gasteiger partial charge in [-0.15, -0.1) is 0 Å². The minimum absolute atomic E-state index is 0.267. The molecule has 0 unspecified atom stereocenters. The van der Waals surface area contributed by atoms with E-state index in [1.54, 1.807) is 12.1 Å². The molecule has 5 heteroatoms. The van der Waals surface area contributed by atoms with Crippen LogP contribution in [0.1, 0.15) is 10.4 Å². The van der Waals surface area contributed by atoms with Crippen LogP contribution < -0.4 is 16.0 Å². The average Bonchev–Trinajstić information content (AvgIpc) is 2.42. The second-order valence-corrected chi connectivity index (χ2v) is 4.60. The van der Waals surface area contributed by atoms with Crippen LogP contribution in [-0.2, 0) is 0 Å². The number of rotatable bonds is 3. The van der Waals surface area contributed by atoms with Crippen LogP contribution in [0.4, 0.5) is 21.5 Å². The Balaban J connectivity index is 2.31. The molecule has 104 valence electrons. The fraction of sp³-hybridized carbons (Fsp3) is 0.133. The van der Waals surface area contributed by atoms with Crippen molar-refractivity contribution in [3.63, 3.8) is 0 Å². The SMILES string of the molecule is CN(C)c1ccccc1C(=O)Nc1cc(F)ccc1N. The van der Waals surface area contributed by atoms with E-state index in [0.29, 0.717) is 11.3 Å². The normalized spacial score (nSPS) is 10.2. The van der Waals surface area contributed by atoms with Gasteiger partial charge in [-0.2, -0.15) is 0 Å². The molecule has 0 spiro atoms. The van der Waals surface area contributed by atoms with Gasteiger partial charge >= 0.3 is 0 Å². The van der Waals surface area contributed by atoms with Crippen molar-refractivity contribution in [2.24, 2.45) is 0 Å². The number of para-hydroxylation sites is 1. The summed E-state index contributed by atoms with van der Waals surface area (Å²) in [5, 5.41) is 2.63. The largest absolute Gasteiger partial charge is 0.397 e. The first kappa shape index (κ1) is 13.9. The number of benzene rings is 2. The zero-order valence-corrected chi connectivity index (χ0v) is 11.4. The van der Waals surface area contributed by atoms with Crippen LogP contribution in [0.2, 0.25) is 0 Å². The molecule has 0 atom stereocenters. The number of nitrogens with two attached hydrogens (primary N) is 1. The van der Waals surface area contributed by atoms with E-state index in [1.165, 1.54) is 18.2 Å². The molecular formula is C15H16FN3O. The molecule has 2 aromatic rings. The molecule has 20 heavy (non-hydrogen) atoms. The highest BCUT2D eigenvalue weighted by molar-refractivity contribution is 6.09. The molecule has 0 aromatic heterocycles. The average molecular weight is 273 g/mol. The fourth-order valence-electron chi connectivity index (χ4n) is 1.88. The number of amides is 1. The van der Waals surface area contributed by atoms with Crippen molar-refractivity contribution in [1.29, 1.82) is 0 Å².